The van der Waals surface area contributed by atoms with Crippen molar-refractivity contribution in [1.82, 2.24) is 0 Å². The maximum Gasteiger partial charge on any atom is 0.161 e. The SMILES string of the molecule is COc1cc(C(C)N)ccc1OCCS(=O)(=O)C(C)(C)C. The number of hydrogen-bond acceptors (Lipinski definition) is 5. The molecule has 0 aliphatic rings. The van der Waals surface area contributed by atoms with Crippen molar-refractivity contribution in [2.75, 3.05) is 19.5 Å². The first kappa shape index (κ1) is 17.8. The molecule has 1 atom stereocenters. The second-order valence-electron chi connectivity index (χ2n) is 5.98. The number of methoxy groups -OCH3 is 1. The van der Waals surface area contributed by atoms with E-state index in [9.17, 15) is 8.42 Å². The molecule has 0 aliphatic carbocycles. The average molecular weight is 315 g/mol. The summed E-state index contributed by atoms with van der Waals surface area (Å²) in [6.07, 6.45) is 0. The summed E-state index contributed by atoms with van der Waals surface area (Å²) in [6, 6.07) is 5.30. The fourth-order valence-corrected chi connectivity index (χ4v) is 2.57. The van der Waals surface area contributed by atoms with E-state index in [0.717, 1.165) is 5.56 Å². The molecule has 5 nitrogen and oxygen atoms in total. The number of hydrogen-bond donors (Lipinski definition) is 1. The fourth-order valence-electron chi connectivity index (χ4n) is 1.65. The van der Waals surface area contributed by atoms with E-state index in [-0.39, 0.29) is 18.4 Å². The van der Waals surface area contributed by atoms with Crippen LogP contribution in [0.25, 0.3) is 0 Å². The molecule has 0 fully saturated rings. The molecule has 0 heterocycles. The largest absolute Gasteiger partial charge is 0.493 e. The van der Waals surface area contributed by atoms with Crippen molar-refractivity contribution in [3.8, 4) is 11.5 Å². The summed E-state index contributed by atoms with van der Waals surface area (Å²) in [5.74, 6) is 1.04. The summed E-state index contributed by atoms with van der Waals surface area (Å²) < 4.78 is 34.1. The zero-order valence-corrected chi connectivity index (χ0v) is 14.2. The molecule has 0 bridgehead atoms. The van der Waals surface area contributed by atoms with Gasteiger partial charge in [0.05, 0.1) is 17.6 Å². The standard InChI is InChI=1S/C15H25NO4S/c1-11(16)12-6-7-13(14(10-12)19-5)20-8-9-21(17,18)15(2,3)4/h6-7,10-11H,8-9,16H2,1-5H3. The topological polar surface area (TPSA) is 78.6 Å². The van der Waals surface area contributed by atoms with Gasteiger partial charge >= 0.3 is 0 Å². The Morgan fingerprint density at radius 2 is 1.86 bits per heavy atom. The number of sulfone groups is 1. The predicted molar refractivity (Wildman–Crippen MR) is 84.6 cm³/mol. The number of nitrogens with two attached hydrogens (primary N) is 1. The zero-order chi connectivity index (χ0) is 16.3. The van der Waals surface area contributed by atoms with Crippen LogP contribution in [-0.4, -0.2) is 32.6 Å². The quantitative estimate of drug-likeness (QED) is 0.871. The van der Waals surface area contributed by atoms with Crippen molar-refractivity contribution < 1.29 is 17.9 Å². The van der Waals surface area contributed by atoms with Crippen molar-refractivity contribution in [3.63, 3.8) is 0 Å². The van der Waals surface area contributed by atoms with Crippen LogP contribution in [0, 0.1) is 0 Å². The maximum absolute atomic E-state index is 12.0. The van der Waals surface area contributed by atoms with Gasteiger partial charge in [-0.2, -0.15) is 0 Å². The molecule has 0 aliphatic heterocycles. The summed E-state index contributed by atoms with van der Waals surface area (Å²) in [5, 5.41) is 0. The van der Waals surface area contributed by atoms with Gasteiger partial charge in [0.1, 0.15) is 6.61 Å². The van der Waals surface area contributed by atoms with Crippen LogP contribution in [0.2, 0.25) is 0 Å². The Bertz CT molecular complexity index is 574. The maximum atomic E-state index is 12.0. The van der Waals surface area contributed by atoms with Crippen LogP contribution < -0.4 is 15.2 Å². The van der Waals surface area contributed by atoms with Crippen molar-refractivity contribution in [3.05, 3.63) is 23.8 Å². The Morgan fingerprint density at radius 1 is 1.24 bits per heavy atom. The molecule has 0 aromatic heterocycles. The molecule has 1 unspecified atom stereocenters. The molecule has 0 radical (unpaired) electrons. The van der Waals surface area contributed by atoms with Crippen LogP contribution in [-0.2, 0) is 9.84 Å². The highest BCUT2D eigenvalue weighted by atomic mass is 32.2. The first-order chi connectivity index (χ1) is 9.58. The highest BCUT2D eigenvalue weighted by molar-refractivity contribution is 7.92. The van der Waals surface area contributed by atoms with Crippen LogP contribution in [0.3, 0.4) is 0 Å². The van der Waals surface area contributed by atoms with E-state index in [1.165, 1.54) is 0 Å². The minimum Gasteiger partial charge on any atom is -0.493 e. The molecule has 21 heavy (non-hydrogen) atoms. The second-order valence-corrected chi connectivity index (χ2v) is 8.84. The van der Waals surface area contributed by atoms with Gasteiger partial charge in [-0.3, -0.25) is 0 Å². The first-order valence-corrected chi connectivity index (χ1v) is 8.52. The molecular formula is C15H25NO4S. The molecule has 6 heteroatoms. The molecule has 0 saturated carbocycles. The van der Waals surface area contributed by atoms with Gasteiger partial charge in [0.2, 0.25) is 0 Å². The molecule has 1 aromatic rings. The highest BCUT2D eigenvalue weighted by Gasteiger charge is 2.28. The fraction of sp³-hybridized carbons (Fsp3) is 0.600. The lowest BCUT2D eigenvalue weighted by Crippen LogP contribution is -2.32. The minimum atomic E-state index is -3.19. The molecule has 1 rings (SSSR count). The summed E-state index contributed by atoms with van der Waals surface area (Å²) in [5.41, 5.74) is 6.75. The van der Waals surface area contributed by atoms with E-state index in [1.54, 1.807) is 40.0 Å². The smallest absolute Gasteiger partial charge is 0.161 e. The van der Waals surface area contributed by atoms with Gasteiger partial charge < -0.3 is 15.2 Å². The Morgan fingerprint density at radius 3 is 2.33 bits per heavy atom. The molecular weight excluding hydrogens is 290 g/mol. The van der Waals surface area contributed by atoms with Crippen LogP contribution in [0.1, 0.15) is 39.3 Å². The van der Waals surface area contributed by atoms with Crippen LogP contribution in [0.15, 0.2) is 18.2 Å². The lowest BCUT2D eigenvalue weighted by Gasteiger charge is -2.19. The van der Waals surface area contributed by atoms with Gasteiger partial charge in [-0.25, -0.2) is 8.42 Å². The van der Waals surface area contributed by atoms with Crippen molar-refractivity contribution >= 4 is 9.84 Å². The summed E-state index contributed by atoms with van der Waals surface area (Å²) in [6.45, 7) is 7.01. The summed E-state index contributed by atoms with van der Waals surface area (Å²) in [4.78, 5) is 0. The average Bonchev–Trinajstić information content (AvgIpc) is 2.37. The van der Waals surface area contributed by atoms with Crippen LogP contribution in [0.5, 0.6) is 11.5 Å². The Balaban J connectivity index is 2.77. The van der Waals surface area contributed by atoms with Gasteiger partial charge in [-0.1, -0.05) is 6.07 Å². The summed E-state index contributed by atoms with van der Waals surface area (Å²) in [7, 11) is -1.65. The monoisotopic (exact) mass is 315 g/mol. The van der Waals surface area contributed by atoms with Crippen LogP contribution in [0.4, 0.5) is 0 Å². The van der Waals surface area contributed by atoms with Gasteiger partial charge in [0.25, 0.3) is 0 Å². The molecule has 0 amide bonds. The normalized spacial score (nSPS) is 13.8. The van der Waals surface area contributed by atoms with Crippen LogP contribution >= 0.6 is 0 Å². The van der Waals surface area contributed by atoms with E-state index >= 15 is 0 Å². The highest BCUT2D eigenvalue weighted by Crippen LogP contribution is 2.30. The molecule has 0 spiro atoms. The van der Waals surface area contributed by atoms with Crippen molar-refractivity contribution in [2.24, 2.45) is 5.73 Å². The third-order valence-corrected chi connectivity index (χ3v) is 5.83. The summed E-state index contributed by atoms with van der Waals surface area (Å²) >= 11 is 0. The molecule has 0 saturated heterocycles. The number of ether oxygens (including phenoxy) is 2. The van der Waals surface area contributed by atoms with Gasteiger partial charge in [0.15, 0.2) is 21.3 Å². The predicted octanol–water partition coefficient (Wildman–Crippen LogP) is 2.31. The third-order valence-electron chi connectivity index (χ3n) is 3.26. The van der Waals surface area contributed by atoms with E-state index in [0.29, 0.717) is 11.5 Å². The second kappa shape index (κ2) is 6.66. The van der Waals surface area contributed by atoms with Crippen molar-refractivity contribution in [1.29, 1.82) is 0 Å². The lowest BCUT2D eigenvalue weighted by molar-refractivity contribution is 0.310. The van der Waals surface area contributed by atoms with Gasteiger partial charge in [-0.05, 0) is 45.4 Å². The minimum absolute atomic E-state index is 0.0330. The molecule has 120 valence electrons. The number of rotatable bonds is 6. The first-order valence-electron chi connectivity index (χ1n) is 6.87. The Labute approximate surface area is 127 Å². The molecule has 1 aromatic carbocycles. The number of benzene rings is 1. The Kier molecular flexibility index (Phi) is 5.64. The third kappa shape index (κ3) is 4.61. The van der Waals surface area contributed by atoms with Gasteiger partial charge in [-0.15, -0.1) is 0 Å². The van der Waals surface area contributed by atoms with E-state index in [2.05, 4.69) is 0 Å². The lowest BCUT2D eigenvalue weighted by atomic mass is 10.1. The van der Waals surface area contributed by atoms with Gasteiger partial charge in [0, 0.05) is 6.04 Å². The molecule has 2 N–H and O–H groups in total. The van der Waals surface area contributed by atoms with E-state index in [1.807, 2.05) is 13.0 Å². The van der Waals surface area contributed by atoms with Crippen molar-refractivity contribution in [2.45, 2.75) is 38.5 Å². The van der Waals surface area contributed by atoms with E-state index < -0.39 is 14.6 Å². The zero-order valence-electron chi connectivity index (χ0n) is 13.3. The van der Waals surface area contributed by atoms with E-state index in [4.69, 9.17) is 15.2 Å². The Hall–Kier alpha value is -1.27.